The molecule has 0 radical (unpaired) electrons. The number of benzene rings is 1. The van der Waals surface area contributed by atoms with E-state index in [-0.39, 0.29) is 22.5 Å². The van der Waals surface area contributed by atoms with E-state index in [1.165, 1.54) is 10.4 Å². The molecule has 0 unspecified atom stereocenters. The largest absolute Gasteiger partial charge is 0.497 e. The number of aryl methyl sites for hydroxylation is 1. The van der Waals surface area contributed by atoms with Crippen molar-refractivity contribution in [1.29, 1.82) is 0 Å². The molecular formula is C18H20ClNO4S2. The van der Waals surface area contributed by atoms with Crippen molar-refractivity contribution >= 4 is 38.7 Å². The molecule has 0 aliphatic carbocycles. The zero-order chi connectivity index (χ0) is 18.9. The Bertz CT molecular complexity index is 923. The summed E-state index contributed by atoms with van der Waals surface area (Å²) in [6.45, 7) is 2.48. The van der Waals surface area contributed by atoms with Crippen LogP contribution in [0.1, 0.15) is 28.8 Å². The zero-order valence-corrected chi connectivity index (χ0v) is 17.0. The molecule has 0 bridgehead atoms. The highest BCUT2D eigenvalue weighted by atomic mass is 35.5. The molecular weight excluding hydrogens is 394 g/mol. The summed E-state index contributed by atoms with van der Waals surface area (Å²) in [4.78, 5) is 13.0. The third kappa shape index (κ3) is 3.81. The summed E-state index contributed by atoms with van der Waals surface area (Å²) in [6.07, 6.45) is 1.34. The molecule has 1 aromatic heterocycles. The molecule has 0 spiro atoms. The van der Waals surface area contributed by atoms with Gasteiger partial charge in [0.1, 0.15) is 9.96 Å². The lowest BCUT2D eigenvalue weighted by Gasteiger charge is -2.31. The third-order valence-corrected chi connectivity index (χ3v) is 8.16. The van der Waals surface area contributed by atoms with Crippen molar-refractivity contribution in [3.05, 3.63) is 45.8 Å². The summed E-state index contributed by atoms with van der Waals surface area (Å²) in [7, 11) is -2.04. The molecule has 2 heterocycles. The quantitative estimate of drug-likeness (QED) is 0.695. The standard InChI is InChI=1S/C18H20ClNO4S2/c1-12-10-14(24-2)5-6-15(12)18(21)13-4-3-9-20(11-13)26(22,23)17-8-7-16(19)25-17/h5-8,10,13H,3-4,9,11H2,1-2H3/t13-/m0/s1. The second-order valence-corrected chi connectivity index (χ2v) is 10.2. The molecule has 1 aliphatic heterocycles. The first kappa shape index (κ1) is 19.4. The highest BCUT2D eigenvalue weighted by molar-refractivity contribution is 7.91. The number of hydrogen-bond acceptors (Lipinski definition) is 5. The Morgan fingerprint density at radius 1 is 1.31 bits per heavy atom. The Balaban J connectivity index is 1.81. The summed E-state index contributed by atoms with van der Waals surface area (Å²) < 4.78 is 32.8. The van der Waals surface area contributed by atoms with Gasteiger partial charge in [-0.05, 0) is 55.7 Å². The van der Waals surface area contributed by atoms with Crippen molar-refractivity contribution in [2.45, 2.75) is 24.0 Å². The van der Waals surface area contributed by atoms with Gasteiger partial charge in [-0.1, -0.05) is 11.6 Å². The van der Waals surface area contributed by atoms with E-state index in [9.17, 15) is 13.2 Å². The summed E-state index contributed by atoms with van der Waals surface area (Å²) in [5.74, 6) is 0.330. The van der Waals surface area contributed by atoms with Crippen LogP contribution in [-0.4, -0.2) is 38.7 Å². The van der Waals surface area contributed by atoms with E-state index in [1.54, 1.807) is 25.3 Å². The van der Waals surface area contributed by atoms with Gasteiger partial charge < -0.3 is 4.74 Å². The van der Waals surface area contributed by atoms with Gasteiger partial charge in [0.2, 0.25) is 0 Å². The molecule has 5 nitrogen and oxygen atoms in total. The van der Waals surface area contributed by atoms with Gasteiger partial charge in [0.15, 0.2) is 5.78 Å². The normalized spacial score (nSPS) is 18.7. The van der Waals surface area contributed by atoms with E-state index in [1.807, 2.05) is 13.0 Å². The molecule has 1 fully saturated rings. The molecule has 26 heavy (non-hydrogen) atoms. The molecule has 0 N–H and O–H groups in total. The molecule has 8 heteroatoms. The number of hydrogen-bond donors (Lipinski definition) is 0. The van der Waals surface area contributed by atoms with Gasteiger partial charge in [-0.2, -0.15) is 4.31 Å². The number of ketones is 1. The number of halogens is 1. The van der Waals surface area contributed by atoms with Gasteiger partial charge in [0, 0.05) is 24.6 Å². The Morgan fingerprint density at radius 2 is 2.08 bits per heavy atom. The number of methoxy groups -OCH3 is 1. The summed E-state index contributed by atoms with van der Waals surface area (Å²) >= 11 is 6.92. The number of nitrogens with zero attached hydrogens (tertiary/aromatic N) is 1. The number of carbonyl (C=O) groups excluding carboxylic acids is 1. The van der Waals surface area contributed by atoms with Crippen LogP contribution in [0.4, 0.5) is 0 Å². The van der Waals surface area contributed by atoms with Crippen LogP contribution in [0.5, 0.6) is 5.75 Å². The summed E-state index contributed by atoms with van der Waals surface area (Å²) in [5, 5.41) is 0. The average molecular weight is 414 g/mol. The number of thiophene rings is 1. The molecule has 1 aromatic carbocycles. The molecule has 0 amide bonds. The minimum atomic E-state index is -3.62. The van der Waals surface area contributed by atoms with Crippen molar-refractivity contribution < 1.29 is 17.9 Å². The van der Waals surface area contributed by atoms with E-state index in [4.69, 9.17) is 16.3 Å². The number of sulfonamides is 1. The number of rotatable bonds is 5. The van der Waals surface area contributed by atoms with Crippen LogP contribution in [0.2, 0.25) is 4.34 Å². The zero-order valence-electron chi connectivity index (χ0n) is 14.6. The van der Waals surface area contributed by atoms with Crippen LogP contribution in [0.3, 0.4) is 0 Å². The molecule has 1 aliphatic rings. The van der Waals surface area contributed by atoms with Crippen LogP contribution in [0, 0.1) is 12.8 Å². The van der Waals surface area contributed by atoms with E-state index in [2.05, 4.69) is 0 Å². The number of carbonyl (C=O) groups is 1. The van der Waals surface area contributed by atoms with E-state index in [0.29, 0.717) is 35.0 Å². The second kappa shape index (κ2) is 7.68. The molecule has 3 rings (SSSR count). The predicted octanol–water partition coefficient (Wildman–Crippen LogP) is 4.00. The Kier molecular flexibility index (Phi) is 5.72. The lowest BCUT2D eigenvalue weighted by atomic mass is 9.89. The van der Waals surface area contributed by atoms with Crippen LogP contribution in [0.25, 0.3) is 0 Å². The van der Waals surface area contributed by atoms with E-state index < -0.39 is 10.0 Å². The van der Waals surface area contributed by atoms with Crippen molar-refractivity contribution in [3.8, 4) is 5.75 Å². The molecule has 1 saturated heterocycles. The van der Waals surface area contributed by atoms with E-state index >= 15 is 0 Å². The van der Waals surface area contributed by atoms with Crippen LogP contribution in [-0.2, 0) is 10.0 Å². The molecule has 140 valence electrons. The topological polar surface area (TPSA) is 63.7 Å². The SMILES string of the molecule is COc1ccc(C(=O)[C@H]2CCCN(S(=O)(=O)c3ccc(Cl)s3)C2)c(C)c1. The minimum Gasteiger partial charge on any atom is -0.497 e. The smallest absolute Gasteiger partial charge is 0.252 e. The van der Waals surface area contributed by atoms with Crippen LogP contribution in [0.15, 0.2) is 34.5 Å². The molecule has 1 atom stereocenters. The highest BCUT2D eigenvalue weighted by Crippen LogP contribution is 2.32. The van der Waals surface area contributed by atoms with Crippen molar-refractivity contribution in [3.63, 3.8) is 0 Å². The Hall–Kier alpha value is -1.41. The lowest BCUT2D eigenvalue weighted by Crippen LogP contribution is -2.42. The van der Waals surface area contributed by atoms with Crippen molar-refractivity contribution in [2.75, 3.05) is 20.2 Å². The van der Waals surface area contributed by atoms with E-state index in [0.717, 1.165) is 16.9 Å². The highest BCUT2D eigenvalue weighted by Gasteiger charge is 2.34. The Morgan fingerprint density at radius 3 is 2.69 bits per heavy atom. The number of ether oxygens (including phenoxy) is 1. The van der Waals surface area contributed by atoms with Gasteiger partial charge >= 0.3 is 0 Å². The average Bonchev–Trinajstić information content (AvgIpc) is 3.08. The van der Waals surface area contributed by atoms with Crippen molar-refractivity contribution in [2.24, 2.45) is 5.92 Å². The fraction of sp³-hybridized carbons (Fsp3) is 0.389. The van der Waals surface area contributed by atoms with Crippen LogP contribution < -0.4 is 4.74 Å². The minimum absolute atomic E-state index is 0.0192. The predicted molar refractivity (Wildman–Crippen MR) is 103 cm³/mol. The number of piperidine rings is 1. The molecule has 2 aromatic rings. The summed E-state index contributed by atoms with van der Waals surface area (Å²) in [6, 6.07) is 8.42. The van der Waals surface area contributed by atoms with Crippen molar-refractivity contribution in [1.82, 2.24) is 4.31 Å². The number of Topliss-reactive ketones (excluding diaryl/α,β-unsaturated/α-hetero) is 1. The first-order valence-electron chi connectivity index (χ1n) is 8.27. The lowest BCUT2D eigenvalue weighted by molar-refractivity contribution is 0.0872. The first-order chi connectivity index (χ1) is 12.3. The fourth-order valence-electron chi connectivity index (χ4n) is 3.20. The summed E-state index contributed by atoms with van der Waals surface area (Å²) in [5.41, 5.74) is 1.45. The monoisotopic (exact) mass is 413 g/mol. The van der Waals surface area contributed by atoms with Gasteiger partial charge in [0.25, 0.3) is 10.0 Å². The first-order valence-corrected chi connectivity index (χ1v) is 10.9. The maximum absolute atomic E-state index is 13.0. The molecule has 0 saturated carbocycles. The van der Waals surface area contributed by atoms with Gasteiger partial charge in [-0.15, -0.1) is 11.3 Å². The van der Waals surface area contributed by atoms with Gasteiger partial charge in [-0.3, -0.25) is 4.79 Å². The van der Waals surface area contributed by atoms with Gasteiger partial charge in [0.05, 0.1) is 11.4 Å². The fourth-order valence-corrected chi connectivity index (χ4v) is 6.36. The Labute approximate surface area is 162 Å². The maximum Gasteiger partial charge on any atom is 0.252 e. The second-order valence-electron chi connectivity index (χ2n) is 6.31. The van der Waals surface area contributed by atoms with Gasteiger partial charge in [-0.25, -0.2) is 8.42 Å². The van der Waals surface area contributed by atoms with Crippen LogP contribution >= 0.6 is 22.9 Å². The maximum atomic E-state index is 13.0. The third-order valence-electron chi connectivity index (χ3n) is 4.60.